The highest BCUT2D eigenvalue weighted by atomic mass is 32.2. The molecular weight excluding hydrogens is 342 g/mol. The lowest BCUT2D eigenvalue weighted by atomic mass is 10.2. The topological polar surface area (TPSA) is 88.6 Å². The molecule has 25 heavy (non-hydrogen) atoms. The van der Waals surface area contributed by atoms with E-state index in [4.69, 9.17) is 4.74 Å². The van der Waals surface area contributed by atoms with Crippen LogP contribution in [0.5, 0.6) is 5.75 Å². The van der Waals surface area contributed by atoms with E-state index in [1.807, 2.05) is 19.1 Å². The van der Waals surface area contributed by atoms with E-state index in [1.54, 1.807) is 30.6 Å². The highest BCUT2D eigenvalue weighted by Gasteiger charge is 2.24. The minimum atomic E-state index is -3.67. The number of amides is 1. The first kappa shape index (κ1) is 18.7. The lowest BCUT2D eigenvalue weighted by molar-refractivity contribution is -0.119. The Labute approximate surface area is 147 Å². The number of carbonyl (C=O) groups excluding carboxylic acids is 1. The van der Waals surface area contributed by atoms with Crippen LogP contribution < -0.4 is 14.4 Å². The van der Waals surface area contributed by atoms with Gasteiger partial charge in [-0.3, -0.25) is 14.1 Å². The summed E-state index contributed by atoms with van der Waals surface area (Å²) < 4.78 is 30.7. The van der Waals surface area contributed by atoms with Crippen molar-refractivity contribution in [3.05, 3.63) is 53.9 Å². The number of carbonyl (C=O) groups is 1. The lowest BCUT2D eigenvalue weighted by Crippen LogP contribution is -2.40. The lowest BCUT2D eigenvalue weighted by Gasteiger charge is -2.24. The third-order valence-corrected chi connectivity index (χ3v) is 4.63. The van der Waals surface area contributed by atoms with Crippen LogP contribution in [0.3, 0.4) is 0 Å². The number of ether oxygens (including phenoxy) is 1. The molecule has 0 atom stereocenters. The summed E-state index contributed by atoms with van der Waals surface area (Å²) in [5.74, 6) is -0.0334. The zero-order chi connectivity index (χ0) is 18.4. The number of benzene rings is 1. The van der Waals surface area contributed by atoms with Gasteiger partial charge < -0.3 is 10.1 Å². The van der Waals surface area contributed by atoms with Crippen molar-refractivity contribution in [2.24, 2.45) is 0 Å². The number of rotatable bonds is 7. The Morgan fingerprint density at radius 1 is 1.32 bits per heavy atom. The summed E-state index contributed by atoms with van der Waals surface area (Å²) >= 11 is 0. The summed E-state index contributed by atoms with van der Waals surface area (Å²) in [6.45, 7) is 1.78. The molecule has 1 heterocycles. The minimum Gasteiger partial charge on any atom is -0.495 e. The van der Waals surface area contributed by atoms with Crippen molar-refractivity contribution in [3.8, 4) is 5.75 Å². The number of hydrogen-bond donors (Lipinski definition) is 1. The van der Waals surface area contributed by atoms with Gasteiger partial charge in [-0.15, -0.1) is 0 Å². The van der Waals surface area contributed by atoms with Crippen LogP contribution in [0, 0.1) is 6.92 Å². The number of anilines is 1. The van der Waals surface area contributed by atoms with Crippen molar-refractivity contribution in [3.63, 3.8) is 0 Å². The first-order valence-electron chi connectivity index (χ1n) is 7.59. The molecule has 7 nitrogen and oxygen atoms in total. The van der Waals surface area contributed by atoms with Crippen molar-refractivity contribution in [2.45, 2.75) is 13.5 Å². The standard InChI is InChI=1S/C17H21N3O4S/c1-13-6-7-16(24-2)15(9-13)20(25(3,22)23)12-17(21)19-11-14-5-4-8-18-10-14/h4-10H,11-12H2,1-3H3,(H,19,21). The fourth-order valence-electron chi connectivity index (χ4n) is 2.27. The Balaban J connectivity index is 2.19. The molecule has 0 aliphatic rings. The van der Waals surface area contributed by atoms with E-state index < -0.39 is 15.9 Å². The SMILES string of the molecule is COc1ccc(C)cc1N(CC(=O)NCc1cccnc1)S(C)(=O)=O. The van der Waals surface area contributed by atoms with Gasteiger partial charge in [0.05, 0.1) is 19.1 Å². The van der Waals surface area contributed by atoms with Gasteiger partial charge in [0.2, 0.25) is 15.9 Å². The first-order chi connectivity index (χ1) is 11.8. The average molecular weight is 363 g/mol. The van der Waals surface area contributed by atoms with E-state index >= 15 is 0 Å². The van der Waals surface area contributed by atoms with Crippen molar-refractivity contribution < 1.29 is 17.9 Å². The van der Waals surface area contributed by atoms with E-state index in [2.05, 4.69) is 10.3 Å². The van der Waals surface area contributed by atoms with Crippen LogP contribution >= 0.6 is 0 Å². The molecule has 0 aliphatic carbocycles. The second kappa shape index (κ2) is 7.98. The number of nitrogens with zero attached hydrogens (tertiary/aromatic N) is 2. The number of sulfonamides is 1. The maximum atomic E-state index is 12.3. The summed E-state index contributed by atoms with van der Waals surface area (Å²) in [5, 5.41) is 2.70. The molecule has 0 fully saturated rings. The van der Waals surface area contributed by atoms with Gasteiger partial charge >= 0.3 is 0 Å². The summed E-state index contributed by atoms with van der Waals surface area (Å²) in [4.78, 5) is 16.2. The van der Waals surface area contributed by atoms with Gasteiger partial charge in [-0.25, -0.2) is 8.42 Å². The summed E-state index contributed by atoms with van der Waals surface area (Å²) in [7, 11) is -2.21. The van der Waals surface area contributed by atoms with Crippen molar-refractivity contribution >= 4 is 21.6 Å². The Kier molecular flexibility index (Phi) is 5.97. The third kappa shape index (κ3) is 5.18. The molecule has 1 aromatic carbocycles. The zero-order valence-electron chi connectivity index (χ0n) is 14.4. The molecule has 0 aliphatic heterocycles. The van der Waals surface area contributed by atoms with E-state index in [-0.39, 0.29) is 13.1 Å². The highest BCUT2D eigenvalue weighted by molar-refractivity contribution is 7.92. The molecule has 0 spiro atoms. The fourth-order valence-corrected chi connectivity index (χ4v) is 3.12. The molecule has 1 N–H and O–H groups in total. The Bertz CT molecular complexity index is 838. The summed E-state index contributed by atoms with van der Waals surface area (Å²) in [5.41, 5.74) is 2.02. The Morgan fingerprint density at radius 2 is 2.08 bits per heavy atom. The number of aromatic nitrogens is 1. The van der Waals surface area contributed by atoms with Gasteiger partial charge in [0.25, 0.3) is 0 Å². The maximum absolute atomic E-state index is 12.3. The number of aryl methyl sites for hydroxylation is 1. The second-order valence-corrected chi connectivity index (χ2v) is 7.49. The monoisotopic (exact) mass is 363 g/mol. The second-order valence-electron chi connectivity index (χ2n) is 5.58. The normalized spacial score (nSPS) is 11.0. The molecule has 2 rings (SSSR count). The molecule has 0 unspecified atom stereocenters. The van der Waals surface area contributed by atoms with Gasteiger partial charge in [0.15, 0.2) is 0 Å². The quantitative estimate of drug-likeness (QED) is 0.805. The van der Waals surface area contributed by atoms with E-state index in [1.165, 1.54) is 7.11 Å². The largest absolute Gasteiger partial charge is 0.495 e. The van der Waals surface area contributed by atoms with Crippen molar-refractivity contribution in [1.29, 1.82) is 0 Å². The van der Waals surface area contributed by atoms with E-state index in [0.29, 0.717) is 11.4 Å². The van der Waals surface area contributed by atoms with E-state index in [9.17, 15) is 13.2 Å². The van der Waals surface area contributed by atoms with Crippen LogP contribution in [0.15, 0.2) is 42.7 Å². The van der Waals surface area contributed by atoms with Gasteiger partial charge in [-0.05, 0) is 36.2 Å². The highest BCUT2D eigenvalue weighted by Crippen LogP contribution is 2.30. The molecule has 1 aromatic heterocycles. The molecule has 0 radical (unpaired) electrons. The van der Waals surface area contributed by atoms with Crippen LogP contribution in [-0.4, -0.2) is 39.2 Å². The minimum absolute atomic E-state index is 0.273. The number of pyridine rings is 1. The molecule has 8 heteroatoms. The molecular formula is C17H21N3O4S. The van der Waals surface area contributed by atoms with Gasteiger partial charge in [0.1, 0.15) is 12.3 Å². The molecule has 1 amide bonds. The summed E-state index contributed by atoms with van der Waals surface area (Å²) in [6, 6.07) is 8.75. The van der Waals surface area contributed by atoms with Crippen LogP contribution in [0.25, 0.3) is 0 Å². The fraction of sp³-hybridized carbons (Fsp3) is 0.294. The predicted octanol–water partition coefficient (Wildman–Crippen LogP) is 1.48. The average Bonchev–Trinajstić information content (AvgIpc) is 2.57. The molecule has 0 saturated carbocycles. The number of nitrogens with one attached hydrogen (secondary N) is 1. The molecule has 0 saturated heterocycles. The van der Waals surface area contributed by atoms with Crippen LogP contribution in [0.1, 0.15) is 11.1 Å². The molecule has 0 bridgehead atoms. The van der Waals surface area contributed by atoms with Crippen molar-refractivity contribution in [2.75, 3.05) is 24.2 Å². The van der Waals surface area contributed by atoms with Crippen LogP contribution in [-0.2, 0) is 21.4 Å². The number of methoxy groups -OCH3 is 1. The van der Waals surface area contributed by atoms with Crippen molar-refractivity contribution in [1.82, 2.24) is 10.3 Å². The van der Waals surface area contributed by atoms with Gasteiger partial charge in [0, 0.05) is 18.9 Å². The van der Waals surface area contributed by atoms with Gasteiger partial charge in [-0.1, -0.05) is 12.1 Å². The Hall–Kier alpha value is -2.61. The predicted molar refractivity (Wildman–Crippen MR) is 96.0 cm³/mol. The first-order valence-corrected chi connectivity index (χ1v) is 9.44. The Morgan fingerprint density at radius 3 is 2.68 bits per heavy atom. The maximum Gasteiger partial charge on any atom is 0.241 e. The van der Waals surface area contributed by atoms with Gasteiger partial charge in [-0.2, -0.15) is 0 Å². The van der Waals surface area contributed by atoms with Crippen LogP contribution in [0.4, 0.5) is 5.69 Å². The summed E-state index contributed by atoms with van der Waals surface area (Å²) in [6.07, 6.45) is 4.34. The smallest absolute Gasteiger partial charge is 0.241 e. The third-order valence-electron chi connectivity index (χ3n) is 3.50. The zero-order valence-corrected chi connectivity index (χ0v) is 15.2. The number of hydrogen-bond acceptors (Lipinski definition) is 5. The molecule has 2 aromatic rings. The molecule has 134 valence electrons. The van der Waals surface area contributed by atoms with E-state index in [0.717, 1.165) is 21.7 Å². The van der Waals surface area contributed by atoms with Crippen LogP contribution in [0.2, 0.25) is 0 Å².